The van der Waals surface area contributed by atoms with Crippen LogP contribution in [0.4, 0.5) is 0 Å². The van der Waals surface area contributed by atoms with Gasteiger partial charge in [0.05, 0.1) is 18.6 Å². The third kappa shape index (κ3) is 1.84. The van der Waals surface area contributed by atoms with E-state index in [0.717, 1.165) is 13.2 Å². The van der Waals surface area contributed by atoms with Crippen molar-refractivity contribution in [3.63, 3.8) is 0 Å². The van der Waals surface area contributed by atoms with E-state index in [1.807, 2.05) is 6.07 Å². The van der Waals surface area contributed by atoms with E-state index in [0.29, 0.717) is 6.54 Å². The Labute approximate surface area is 107 Å². The highest BCUT2D eigenvalue weighted by molar-refractivity contribution is 5.63. The molecule has 1 aliphatic rings. The molecule has 0 spiro atoms. The van der Waals surface area contributed by atoms with Crippen molar-refractivity contribution in [1.29, 1.82) is 0 Å². The van der Waals surface area contributed by atoms with Crippen LogP contribution in [0.5, 0.6) is 0 Å². The van der Waals surface area contributed by atoms with E-state index >= 15 is 0 Å². The number of rotatable bonds is 3. The van der Waals surface area contributed by atoms with Gasteiger partial charge in [-0.3, -0.25) is 0 Å². The molecule has 0 radical (unpaired) electrons. The third-order valence-electron chi connectivity index (χ3n) is 3.75. The molecule has 0 aliphatic carbocycles. The van der Waals surface area contributed by atoms with Crippen LogP contribution in [-0.4, -0.2) is 19.8 Å². The van der Waals surface area contributed by atoms with Crippen LogP contribution < -0.4 is 5.73 Å². The first-order valence-electron chi connectivity index (χ1n) is 6.28. The van der Waals surface area contributed by atoms with Gasteiger partial charge in [-0.05, 0) is 16.7 Å². The van der Waals surface area contributed by atoms with Gasteiger partial charge in [0.1, 0.15) is 0 Å². The molecular formula is C16H17NO. The summed E-state index contributed by atoms with van der Waals surface area (Å²) < 4.78 is 5.32. The minimum atomic E-state index is 0.0508. The smallest absolute Gasteiger partial charge is 0.0597 e. The fraction of sp³-hybridized carbons (Fsp3) is 0.250. The van der Waals surface area contributed by atoms with Crippen molar-refractivity contribution in [3.8, 4) is 11.1 Å². The van der Waals surface area contributed by atoms with Crippen LogP contribution in [0.1, 0.15) is 5.56 Å². The van der Waals surface area contributed by atoms with Gasteiger partial charge in [-0.2, -0.15) is 0 Å². The number of hydrogen-bond donors (Lipinski definition) is 1. The van der Waals surface area contributed by atoms with Crippen molar-refractivity contribution >= 4 is 0 Å². The lowest BCUT2D eigenvalue weighted by atomic mass is 9.78. The second-order valence-electron chi connectivity index (χ2n) is 4.92. The summed E-state index contributed by atoms with van der Waals surface area (Å²) in [6.45, 7) is 2.14. The maximum atomic E-state index is 5.87. The minimum absolute atomic E-state index is 0.0508. The Balaban J connectivity index is 1.90. The van der Waals surface area contributed by atoms with E-state index in [4.69, 9.17) is 10.5 Å². The lowest BCUT2D eigenvalue weighted by molar-refractivity contribution is -0.0550. The summed E-state index contributed by atoms with van der Waals surface area (Å²) in [4.78, 5) is 0. The first kappa shape index (κ1) is 11.5. The largest absolute Gasteiger partial charge is 0.379 e. The Morgan fingerprint density at radius 1 is 0.889 bits per heavy atom. The number of ether oxygens (including phenoxy) is 1. The van der Waals surface area contributed by atoms with Crippen molar-refractivity contribution < 1.29 is 4.74 Å². The van der Waals surface area contributed by atoms with E-state index in [1.54, 1.807) is 0 Å². The zero-order valence-electron chi connectivity index (χ0n) is 10.3. The van der Waals surface area contributed by atoms with E-state index in [9.17, 15) is 0 Å². The monoisotopic (exact) mass is 239 g/mol. The van der Waals surface area contributed by atoms with Gasteiger partial charge >= 0.3 is 0 Å². The van der Waals surface area contributed by atoms with Gasteiger partial charge in [0, 0.05) is 6.54 Å². The molecule has 92 valence electrons. The molecule has 18 heavy (non-hydrogen) atoms. The number of nitrogens with two attached hydrogens (primary N) is 1. The van der Waals surface area contributed by atoms with E-state index in [-0.39, 0.29) is 5.41 Å². The lowest BCUT2D eigenvalue weighted by Crippen LogP contribution is -2.52. The highest BCUT2D eigenvalue weighted by Crippen LogP contribution is 2.32. The normalized spacial score (nSPS) is 17.2. The van der Waals surface area contributed by atoms with Gasteiger partial charge < -0.3 is 10.5 Å². The third-order valence-corrected chi connectivity index (χ3v) is 3.75. The van der Waals surface area contributed by atoms with Crippen LogP contribution in [0.3, 0.4) is 0 Å². The minimum Gasteiger partial charge on any atom is -0.379 e. The highest BCUT2D eigenvalue weighted by atomic mass is 16.5. The van der Waals surface area contributed by atoms with Crippen molar-refractivity contribution in [2.24, 2.45) is 5.73 Å². The summed E-state index contributed by atoms with van der Waals surface area (Å²) in [6, 6.07) is 19.1. The van der Waals surface area contributed by atoms with E-state index in [2.05, 4.69) is 48.5 Å². The fourth-order valence-corrected chi connectivity index (χ4v) is 2.40. The molecule has 2 heteroatoms. The molecule has 0 bridgehead atoms. The molecule has 0 saturated carbocycles. The summed E-state index contributed by atoms with van der Waals surface area (Å²) >= 11 is 0. The first-order valence-corrected chi connectivity index (χ1v) is 6.28. The summed E-state index contributed by atoms with van der Waals surface area (Å²) in [5, 5.41) is 0. The van der Waals surface area contributed by atoms with E-state index < -0.39 is 0 Å². The fourth-order valence-electron chi connectivity index (χ4n) is 2.40. The second-order valence-corrected chi connectivity index (χ2v) is 4.92. The molecule has 1 saturated heterocycles. The Morgan fingerprint density at radius 3 is 2.00 bits per heavy atom. The predicted molar refractivity (Wildman–Crippen MR) is 73.4 cm³/mol. The lowest BCUT2D eigenvalue weighted by Gasteiger charge is -2.41. The van der Waals surface area contributed by atoms with Gasteiger partial charge in [0.25, 0.3) is 0 Å². The molecule has 1 aliphatic heterocycles. The van der Waals surface area contributed by atoms with Gasteiger partial charge in [-0.15, -0.1) is 0 Å². The van der Waals surface area contributed by atoms with Crippen LogP contribution in [0.15, 0.2) is 54.6 Å². The summed E-state index contributed by atoms with van der Waals surface area (Å²) in [7, 11) is 0. The molecule has 1 heterocycles. The molecule has 2 aromatic rings. The Kier molecular flexibility index (Phi) is 2.90. The van der Waals surface area contributed by atoms with Crippen molar-refractivity contribution in [1.82, 2.24) is 0 Å². The van der Waals surface area contributed by atoms with Crippen LogP contribution in [0, 0.1) is 0 Å². The van der Waals surface area contributed by atoms with Gasteiger partial charge in [-0.1, -0.05) is 54.6 Å². The van der Waals surface area contributed by atoms with Gasteiger partial charge in [0.15, 0.2) is 0 Å². The SMILES string of the molecule is NCC1(c2ccc(-c3ccccc3)cc2)COC1. The highest BCUT2D eigenvalue weighted by Gasteiger charge is 2.38. The number of benzene rings is 2. The Bertz CT molecular complexity index is 509. The molecule has 1 fully saturated rings. The van der Waals surface area contributed by atoms with Crippen LogP contribution in [0.2, 0.25) is 0 Å². The predicted octanol–water partition coefficient (Wildman–Crippen LogP) is 2.58. The van der Waals surface area contributed by atoms with Crippen LogP contribution >= 0.6 is 0 Å². The van der Waals surface area contributed by atoms with E-state index in [1.165, 1.54) is 16.7 Å². The number of hydrogen-bond acceptors (Lipinski definition) is 2. The molecule has 0 atom stereocenters. The zero-order valence-corrected chi connectivity index (χ0v) is 10.3. The second kappa shape index (κ2) is 4.56. The summed E-state index contributed by atoms with van der Waals surface area (Å²) in [6.07, 6.45) is 0. The summed E-state index contributed by atoms with van der Waals surface area (Å²) in [5.74, 6) is 0. The molecular weight excluding hydrogens is 222 g/mol. The average molecular weight is 239 g/mol. The topological polar surface area (TPSA) is 35.2 Å². The molecule has 3 rings (SSSR count). The van der Waals surface area contributed by atoms with Crippen LogP contribution in [-0.2, 0) is 10.2 Å². The maximum Gasteiger partial charge on any atom is 0.0597 e. The Morgan fingerprint density at radius 2 is 1.50 bits per heavy atom. The van der Waals surface area contributed by atoms with Crippen molar-refractivity contribution in [3.05, 3.63) is 60.2 Å². The van der Waals surface area contributed by atoms with Gasteiger partial charge in [-0.25, -0.2) is 0 Å². The molecule has 0 aromatic heterocycles. The maximum absolute atomic E-state index is 5.87. The van der Waals surface area contributed by atoms with Gasteiger partial charge in [0.2, 0.25) is 0 Å². The van der Waals surface area contributed by atoms with Crippen LogP contribution in [0.25, 0.3) is 11.1 Å². The zero-order chi connectivity index (χ0) is 12.4. The van der Waals surface area contributed by atoms with Crippen molar-refractivity contribution in [2.45, 2.75) is 5.41 Å². The molecule has 0 unspecified atom stereocenters. The molecule has 2 nitrogen and oxygen atoms in total. The first-order chi connectivity index (χ1) is 8.84. The molecule has 2 aromatic carbocycles. The Hall–Kier alpha value is -1.64. The summed E-state index contributed by atoms with van der Waals surface area (Å²) in [5.41, 5.74) is 9.70. The average Bonchev–Trinajstić information content (AvgIpc) is 2.40. The standard InChI is InChI=1S/C16H17NO/c17-10-16(11-18-12-16)15-8-6-14(7-9-15)13-4-2-1-3-5-13/h1-9H,10-12,17H2. The molecule has 0 amide bonds. The quantitative estimate of drug-likeness (QED) is 0.893. The molecule has 2 N–H and O–H groups in total. The van der Waals surface area contributed by atoms with Crippen molar-refractivity contribution in [2.75, 3.05) is 19.8 Å².